The summed E-state index contributed by atoms with van der Waals surface area (Å²) in [6.45, 7) is 13.4. The standard InChI is InChI=1S/C12H18O.C11H20O2/c1-4-9-13-12-10(3)7-6-8-11(12)5-2;1-9(2)10-3-5-11(6-4-10)12-7-8-13-11/h6-8H,4-5,9H2,1-3H3;9-10H,3-8H2,1-2H3. The highest BCUT2D eigenvalue weighted by molar-refractivity contribution is 5.40. The molecule has 0 N–H and O–H groups in total. The largest absolute Gasteiger partial charge is 0.493 e. The molecule has 1 aromatic rings. The van der Waals surface area contributed by atoms with Crippen LogP contribution in [0.2, 0.25) is 0 Å². The molecule has 0 radical (unpaired) electrons. The Morgan fingerprint density at radius 3 is 2.31 bits per heavy atom. The van der Waals surface area contributed by atoms with E-state index in [-0.39, 0.29) is 5.79 Å². The highest BCUT2D eigenvalue weighted by atomic mass is 16.7. The molecule has 3 nitrogen and oxygen atoms in total. The third-order valence-electron chi connectivity index (χ3n) is 5.67. The van der Waals surface area contributed by atoms with Crippen molar-refractivity contribution in [2.45, 2.75) is 78.9 Å². The summed E-state index contributed by atoms with van der Waals surface area (Å²) in [6.07, 6.45) is 6.87. The molecule has 0 amide bonds. The Hall–Kier alpha value is -1.06. The Bertz CT molecular complexity index is 522. The van der Waals surface area contributed by atoms with Gasteiger partial charge in [-0.05, 0) is 55.6 Å². The monoisotopic (exact) mass is 362 g/mol. The average Bonchev–Trinajstić information content (AvgIpc) is 3.09. The van der Waals surface area contributed by atoms with Gasteiger partial charge in [0.25, 0.3) is 0 Å². The number of hydrogen-bond acceptors (Lipinski definition) is 3. The Morgan fingerprint density at radius 1 is 1.12 bits per heavy atom. The van der Waals surface area contributed by atoms with E-state index in [1.807, 2.05) is 0 Å². The molecule has 1 heterocycles. The molecule has 0 aromatic heterocycles. The fourth-order valence-electron chi connectivity index (χ4n) is 3.93. The third kappa shape index (κ3) is 5.72. The normalized spacial score (nSPS) is 19.5. The van der Waals surface area contributed by atoms with E-state index in [1.54, 1.807) is 0 Å². The zero-order valence-corrected chi connectivity index (χ0v) is 17.5. The van der Waals surface area contributed by atoms with E-state index < -0.39 is 0 Å². The van der Waals surface area contributed by atoms with Crippen molar-refractivity contribution in [3.63, 3.8) is 0 Å². The Kier molecular flexibility index (Phi) is 8.43. The molecule has 0 unspecified atom stereocenters. The van der Waals surface area contributed by atoms with Crippen molar-refractivity contribution in [2.75, 3.05) is 19.8 Å². The van der Waals surface area contributed by atoms with Crippen LogP contribution in [0.25, 0.3) is 0 Å². The quantitative estimate of drug-likeness (QED) is 0.650. The maximum Gasteiger partial charge on any atom is 0.168 e. The van der Waals surface area contributed by atoms with Crippen molar-refractivity contribution in [3.8, 4) is 5.75 Å². The lowest BCUT2D eigenvalue weighted by atomic mass is 9.79. The summed E-state index contributed by atoms with van der Waals surface area (Å²) in [5.41, 5.74) is 2.56. The van der Waals surface area contributed by atoms with Gasteiger partial charge >= 0.3 is 0 Å². The van der Waals surface area contributed by atoms with Gasteiger partial charge in [0, 0.05) is 12.8 Å². The van der Waals surface area contributed by atoms with Crippen molar-refractivity contribution in [3.05, 3.63) is 29.3 Å². The lowest BCUT2D eigenvalue weighted by molar-refractivity contribution is -0.184. The van der Waals surface area contributed by atoms with Crippen LogP contribution in [-0.4, -0.2) is 25.6 Å². The van der Waals surface area contributed by atoms with Crippen LogP contribution in [0.1, 0.15) is 70.9 Å². The lowest BCUT2D eigenvalue weighted by Gasteiger charge is -2.36. The van der Waals surface area contributed by atoms with E-state index in [0.717, 1.165) is 63.1 Å². The molecule has 148 valence electrons. The summed E-state index contributed by atoms with van der Waals surface area (Å²) in [4.78, 5) is 0. The first kappa shape index (κ1) is 21.2. The van der Waals surface area contributed by atoms with Gasteiger partial charge < -0.3 is 14.2 Å². The minimum atomic E-state index is -0.161. The van der Waals surface area contributed by atoms with Crippen LogP contribution in [0.15, 0.2) is 18.2 Å². The first-order chi connectivity index (χ1) is 12.5. The molecule has 3 rings (SSSR count). The molecule has 0 bridgehead atoms. The van der Waals surface area contributed by atoms with E-state index in [1.165, 1.54) is 24.0 Å². The second-order valence-electron chi connectivity index (χ2n) is 7.95. The number of rotatable bonds is 5. The molecule has 1 aliphatic carbocycles. The Morgan fingerprint density at radius 2 is 1.77 bits per heavy atom. The number of aryl methyl sites for hydroxylation is 2. The van der Waals surface area contributed by atoms with Gasteiger partial charge in [0.2, 0.25) is 0 Å². The number of benzene rings is 1. The smallest absolute Gasteiger partial charge is 0.168 e. The summed E-state index contributed by atoms with van der Waals surface area (Å²) < 4.78 is 17.1. The maximum atomic E-state index is 5.71. The van der Waals surface area contributed by atoms with Crippen LogP contribution in [0.5, 0.6) is 5.75 Å². The molecule has 26 heavy (non-hydrogen) atoms. The highest BCUT2D eigenvalue weighted by Crippen LogP contribution is 2.40. The van der Waals surface area contributed by atoms with Crippen LogP contribution in [0.4, 0.5) is 0 Å². The van der Waals surface area contributed by atoms with Crippen molar-refractivity contribution < 1.29 is 14.2 Å². The zero-order valence-electron chi connectivity index (χ0n) is 17.5. The van der Waals surface area contributed by atoms with E-state index in [4.69, 9.17) is 14.2 Å². The topological polar surface area (TPSA) is 27.7 Å². The van der Waals surface area contributed by atoms with Gasteiger partial charge in [-0.3, -0.25) is 0 Å². The second kappa shape index (κ2) is 10.3. The Labute approximate surface area is 160 Å². The minimum absolute atomic E-state index is 0.161. The molecule has 1 aliphatic heterocycles. The summed E-state index contributed by atoms with van der Waals surface area (Å²) in [7, 11) is 0. The summed E-state index contributed by atoms with van der Waals surface area (Å²) in [6, 6.07) is 6.33. The van der Waals surface area contributed by atoms with Gasteiger partial charge in [-0.1, -0.05) is 45.9 Å². The molecule has 1 saturated carbocycles. The SMILES string of the molecule is CC(C)C1CCC2(CC1)OCCO2.CCCOc1c(C)cccc1CC. The fourth-order valence-corrected chi connectivity index (χ4v) is 3.93. The third-order valence-corrected chi connectivity index (χ3v) is 5.67. The number of para-hydroxylation sites is 1. The Balaban J connectivity index is 0.000000187. The van der Waals surface area contributed by atoms with Crippen LogP contribution in [0, 0.1) is 18.8 Å². The predicted molar refractivity (Wildman–Crippen MR) is 108 cm³/mol. The first-order valence-electron chi connectivity index (χ1n) is 10.5. The minimum Gasteiger partial charge on any atom is -0.493 e. The van der Waals surface area contributed by atoms with Gasteiger partial charge in [0.05, 0.1) is 19.8 Å². The predicted octanol–water partition coefficient (Wildman–Crippen LogP) is 5.92. The van der Waals surface area contributed by atoms with Crippen molar-refractivity contribution in [1.82, 2.24) is 0 Å². The first-order valence-corrected chi connectivity index (χ1v) is 10.5. The highest BCUT2D eigenvalue weighted by Gasteiger charge is 2.40. The van der Waals surface area contributed by atoms with Gasteiger partial charge in [-0.25, -0.2) is 0 Å². The summed E-state index contributed by atoms with van der Waals surface area (Å²) in [5.74, 6) is 2.63. The van der Waals surface area contributed by atoms with Crippen LogP contribution in [-0.2, 0) is 15.9 Å². The molecular formula is C23H38O3. The summed E-state index contributed by atoms with van der Waals surface area (Å²) in [5, 5.41) is 0. The van der Waals surface area contributed by atoms with Crippen LogP contribution >= 0.6 is 0 Å². The van der Waals surface area contributed by atoms with E-state index in [2.05, 4.69) is 52.8 Å². The van der Waals surface area contributed by atoms with Crippen LogP contribution < -0.4 is 4.74 Å². The fraction of sp³-hybridized carbons (Fsp3) is 0.739. The van der Waals surface area contributed by atoms with Gasteiger partial charge in [0.15, 0.2) is 5.79 Å². The molecule has 3 heteroatoms. The van der Waals surface area contributed by atoms with Crippen LogP contribution in [0.3, 0.4) is 0 Å². The maximum absolute atomic E-state index is 5.71. The number of hydrogen-bond donors (Lipinski definition) is 0. The molecular weight excluding hydrogens is 324 g/mol. The van der Waals surface area contributed by atoms with E-state index in [0.29, 0.717) is 0 Å². The summed E-state index contributed by atoms with van der Waals surface area (Å²) >= 11 is 0. The van der Waals surface area contributed by atoms with Gasteiger partial charge in [-0.15, -0.1) is 0 Å². The van der Waals surface area contributed by atoms with Crippen molar-refractivity contribution in [2.24, 2.45) is 11.8 Å². The molecule has 1 aromatic carbocycles. The van der Waals surface area contributed by atoms with E-state index >= 15 is 0 Å². The molecule has 2 aliphatic rings. The van der Waals surface area contributed by atoms with Gasteiger partial charge in [-0.2, -0.15) is 0 Å². The molecule has 1 saturated heterocycles. The number of ether oxygens (including phenoxy) is 3. The molecule has 0 atom stereocenters. The molecule has 2 fully saturated rings. The second-order valence-corrected chi connectivity index (χ2v) is 7.95. The van der Waals surface area contributed by atoms with Crippen molar-refractivity contribution >= 4 is 0 Å². The zero-order chi connectivity index (χ0) is 19.0. The van der Waals surface area contributed by atoms with E-state index in [9.17, 15) is 0 Å². The average molecular weight is 363 g/mol. The lowest BCUT2D eigenvalue weighted by Crippen LogP contribution is -2.36. The van der Waals surface area contributed by atoms with Crippen molar-refractivity contribution in [1.29, 1.82) is 0 Å². The molecule has 1 spiro atoms. The van der Waals surface area contributed by atoms with Gasteiger partial charge in [0.1, 0.15) is 5.75 Å².